The van der Waals surface area contributed by atoms with Crippen LogP contribution >= 0.6 is 0 Å². The number of benzene rings is 1. The lowest BCUT2D eigenvalue weighted by Crippen LogP contribution is -2.16. The van der Waals surface area contributed by atoms with E-state index in [1.54, 1.807) is 6.92 Å². The van der Waals surface area contributed by atoms with Gasteiger partial charge in [0.15, 0.2) is 5.78 Å². The zero-order chi connectivity index (χ0) is 11.5. The summed E-state index contributed by atoms with van der Waals surface area (Å²) in [5, 5.41) is 9.18. The predicted octanol–water partition coefficient (Wildman–Crippen LogP) is 1.97. The van der Waals surface area contributed by atoms with Crippen molar-refractivity contribution < 1.29 is 14.6 Å². The fourth-order valence-electron chi connectivity index (χ4n) is 1.99. The van der Waals surface area contributed by atoms with Gasteiger partial charge in [-0.2, -0.15) is 0 Å². The first-order chi connectivity index (χ1) is 7.68. The van der Waals surface area contributed by atoms with Gasteiger partial charge in [-0.1, -0.05) is 12.1 Å². The van der Waals surface area contributed by atoms with Crippen molar-refractivity contribution in [1.29, 1.82) is 0 Å². The molecule has 3 heteroatoms. The molecule has 1 N–H and O–H groups in total. The SMILES string of the molecule is CC(O)COc1cccc2c1CCCC2=O. The quantitative estimate of drug-likeness (QED) is 0.847. The highest BCUT2D eigenvalue weighted by molar-refractivity contribution is 5.99. The van der Waals surface area contributed by atoms with E-state index in [1.807, 2.05) is 18.2 Å². The van der Waals surface area contributed by atoms with Gasteiger partial charge in [-0.25, -0.2) is 0 Å². The van der Waals surface area contributed by atoms with Crippen LogP contribution in [0.2, 0.25) is 0 Å². The predicted molar refractivity (Wildman–Crippen MR) is 60.9 cm³/mol. The molecule has 0 amide bonds. The molecule has 1 aromatic carbocycles. The first-order valence-corrected chi connectivity index (χ1v) is 5.64. The number of Topliss-reactive ketones (excluding diaryl/α,β-unsaturated/α-hetero) is 1. The molecule has 0 saturated heterocycles. The van der Waals surface area contributed by atoms with Crippen LogP contribution in [0, 0.1) is 0 Å². The third kappa shape index (κ3) is 2.25. The van der Waals surface area contributed by atoms with Crippen LogP contribution in [0.3, 0.4) is 0 Å². The van der Waals surface area contributed by atoms with Crippen molar-refractivity contribution in [3.63, 3.8) is 0 Å². The first kappa shape index (κ1) is 11.1. The van der Waals surface area contributed by atoms with Crippen LogP contribution < -0.4 is 4.74 Å². The number of carbonyl (C=O) groups excluding carboxylic acids is 1. The van der Waals surface area contributed by atoms with E-state index < -0.39 is 6.10 Å². The summed E-state index contributed by atoms with van der Waals surface area (Å²) >= 11 is 0. The van der Waals surface area contributed by atoms with Crippen molar-refractivity contribution in [3.05, 3.63) is 29.3 Å². The lowest BCUT2D eigenvalue weighted by Gasteiger charge is -2.19. The van der Waals surface area contributed by atoms with Crippen molar-refractivity contribution in [1.82, 2.24) is 0 Å². The minimum atomic E-state index is -0.491. The highest BCUT2D eigenvalue weighted by Crippen LogP contribution is 2.29. The number of hydrogen-bond acceptors (Lipinski definition) is 3. The third-order valence-corrected chi connectivity index (χ3v) is 2.74. The summed E-state index contributed by atoms with van der Waals surface area (Å²) in [4.78, 5) is 11.7. The fraction of sp³-hybridized carbons (Fsp3) is 0.462. The minimum absolute atomic E-state index is 0.198. The lowest BCUT2D eigenvalue weighted by molar-refractivity contribution is 0.0969. The molecule has 16 heavy (non-hydrogen) atoms. The minimum Gasteiger partial charge on any atom is -0.491 e. The van der Waals surface area contributed by atoms with Gasteiger partial charge in [0.1, 0.15) is 12.4 Å². The van der Waals surface area contributed by atoms with Crippen LogP contribution in [0.1, 0.15) is 35.7 Å². The van der Waals surface area contributed by atoms with E-state index >= 15 is 0 Å². The van der Waals surface area contributed by atoms with Crippen LogP contribution in [0.25, 0.3) is 0 Å². The van der Waals surface area contributed by atoms with E-state index in [4.69, 9.17) is 4.74 Å². The topological polar surface area (TPSA) is 46.5 Å². The molecule has 0 aliphatic heterocycles. The number of ether oxygens (including phenoxy) is 1. The molecule has 0 saturated carbocycles. The van der Waals surface area contributed by atoms with E-state index in [0.717, 1.165) is 29.7 Å². The summed E-state index contributed by atoms with van der Waals surface area (Å²) in [6.07, 6.45) is 1.92. The Labute approximate surface area is 95.0 Å². The second kappa shape index (κ2) is 4.66. The molecule has 86 valence electrons. The van der Waals surface area contributed by atoms with Crippen LogP contribution in [0.15, 0.2) is 18.2 Å². The molecule has 0 fully saturated rings. The number of fused-ring (bicyclic) bond motifs is 1. The molecule has 0 bridgehead atoms. The van der Waals surface area contributed by atoms with Crippen LogP contribution in [-0.2, 0) is 6.42 Å². The zero-order valence-corrected chi connectivity index (χ0v) is 9.40. The number of rotatable bonds is 3. The van der Waals surface area contributed by atoms with Crippen LogP contribution in [-0.4, -0.2) is 23.6 Å². The summed E-state index contributed by atoms with van der Waals surface area (Å²) in [7, 11) is 0. The Morgan fingerprint density at radius 2 is 2.25 bits per heavy atom. The fourth-order valence-corrected chi connectivity index (χ4v) is 1.99. The summed E-state index contributed by atoms with van der Waals surface area (Å²) < 4.78 is 5.51. The van der Waals surface area contributed by atoms with Crippen molar-refractivity contribution >= 4 is 5.78 Å². The second-order valence-electron chi connectivity index (χ2n) is 4.22. The monoisotopic (exact) mass is 220 g/mol. The average molecular weight is 220 g/mol. The first-order valence-electron chi connectivity index (χ1n) is 5.64. The Morgan fingerprint density at radius 3 is 3.00 bits per heavy atom. The molecule has 1 unspecified atom stereocenters. The Kier molecular flexibility index (Phi) is 3.25. The molecule has 0 radical (unpaired) electrons. The normalized spacial score (nSPS) is 16.8. The van der Waals surface area contributed by atoms with Crippen LogP contribution in [0.4, 0.5) is 0 Å². The number of aliphatic hydroxyl groups is 1. The van der Waals surface area contributed by atoms with Gasteiger partial charge >= 0.3 is 0 Å². The smallest absolute Gasteiger partial charge is 0.163 e. The number of ketones is 1. The molecule has 0 spiro atoms. The molecule has 1 aliphatic rings. The van der Waals surface area contributed by atoms with Gasteiger partial charge in [-0.05, 0) is 25.8 Å². The Balaban J connectivity index is 2.25. The number of aliphatic hydroxyl groups excluding tert-OH is 1. The Hall–Kier alpha value is -1.35. The maximum absolute atomic E-state index is 11.7. The van der Waals surface area contributed by atoms with Gasteiger partial charge in [0.05, 0.1) is 6.10 Å². The summed E-state index contributed by atoms with van der Waals surface area (Å²) in [5.74, 6) is 0.940. The van der Waals surface area contributed by atoms with E-state index in [0.29, 0.717) is 6.42 Å². The van der Waals surface area contributed by atoms with Gasteiger partial charge in [0.2, 0.25) is 0 Å². The Morgan fingerprint density at radius 1 is 1.44 bits per heavy atom. The van der Waals surface area contributed by atoms with E-state index in [2.05, 4.69) is 0 Å². The largest absolute Gasteiger partial charge is 0.491 e. The highest BCUT2D eigenvalue weighted by Gasteiger charge is 2.20. The molecule has 0 heterocycles. The van der Waals surface area contributed by atoms with Crippen molar-refractivity contribution in [3.8, 4) is 5.75 Å². The van der Waals surface area contributed by atoms with E-state index in [1.165, 1.54) is 0 Å². The van der Waals surface area contributed by atoms with Gasteiger partial charge in [-0.3, -0.25) is 4.79 Å². The van der Waals surface area contributed by atoms with Gasteiger partial charge < -0.3 is 9.84 Å². The van der Waals surface area contributed by atoms with E-state index in [-0.39, 0.29) is 12.4 Å². The molecule has 1 atom stereocenters. The Bertz CT molecular complexity index is 396. The molecule has 2 rings (SSSR count). The summed E-state index contributed by atoms with van der Waals surface area (Å²) in [6.45, 7) is 1.95. The number of carbonyl (C=O) groups is 1. The summed E-state index contributed by atoms with van der Waals surface area (Å²) in [5.41, 5.74) is 1.79. The molecule has 0 aromatic heterocycles. The lowest BCUT2D eigenvalue weighted by atomic mass is 9.90. The van der Waals surface area contributed by atoms with Gasteiger partial charge in [0, 0.05) is 17.5 Å². The van der Waals surface area contributed by atoms with Crippen molar-refractivity contribution in [2.24, 2.45) is 0 Å². The van der Waals surface area contributed by atoms with Crippen LogP contribution in [0.5, 0.6) is 5.75 Å². The maximum atomic E-state index is 11.7. The van der Waals surface area contributed by atoms with Crippen molar-refractivity contribution in [2.45, 2.75) is 32.3 Å². The molecule has 1 aliphatic carbocycles. The standard InChI is InChI=1S/C13H16O3/c1-9(14)8-16-13-7-3-4-10-11(13)5-2-6-12(10)15/h3-4,7,9,14H,2,5-6,8H2,1H3. The average Bonchev–Trinajstić information content (AvgIpc) is 2.27. The molecular weight excluding hydrogens is 204 g/mol. The third-order valence-electron chi connectivity index (χ3n) is 2.74. The second-order valence-corrected chi connectivity index (χ2v) is 4.22. The molecular formula is C13H16O3. The highest BCUT2D eigenvalue weighted by atomic mass is 16.5. The van der Waals surface area contributed by atoms with E-state index in [9.17, 15) is 9.90 Å². The summed E-state index contributed by atoms with van der Waals surface area (Å²) in [6, 6.07) is 5.55. The molecule has 3 nitrogen and oxygen atoms in total. The maximum Gasteiger partial charge on any atom is 0.163 e. The zero-order valence-electron chi connectivity index (χ0n) is 9.40. The molecule has 1 aromatic rings. The van der Waals surface area contributed by atoms with Crippen molar-refractivity contribution in [2.75, 3.05) is 6.61 Å². The van der Waals surface area contributed by atoms with Gasteiger partial charge in [-0.15, -0.1) is 0 Å². The van der Waals surface area contributed by atoms with Gasteiger partial charge in [0.25, 0.3) is 0 Å². The number of hydrogen-bond donors (Lipinski definition) is 1.